The number of nitrogens with zero attached hydrogens (tertiary/aromatic N) is 1. The van der Waals surface area contributed by atoms with Crippen LogP contribution in [0, 0.1) is 18.2 Å². The van der Waals surface area contributed by atoms with E-state index in [0.717, 1.165) is 10.4 Å². The van der Waals surface area contributed by atoms with Crippen molar-refractivity contribution < 1.29 is 12.8 Å². The minimum absolute atomic E-state index is 0.215. The summed E-state index contributed by atoms with van der Waals surface area (Å²) in [6.07, 6.45) is 0. The van der Waals surface area contributed by atoms with E-state index in [2.05, 4.69) is 0 Å². The fraction of sp³-hybridized carbons (Fsp3) is 0.538. The molecule has 0 radical (unpaired) electrons. The predicted octanol–water partition coefficient (Wildman–Crippen LogP) is 2.38. The van der Waals surface area contributed by atoms with Gasteiger partial charge in [-0.15, -0.1) is 0 Å². The van der Waals surface area contributed by atoms with Crippen molar-refractivity contribution >= 4 is 15.7 Å². The van der Waals surface area contributed by atoms with E-state index in [-0.39, 0.29) is 21.6 Å². The van der Waals surface area contributed by atoms with Gasteiger partial charge in [-0.25, -0.2) is 17.1 Å². The number of anilines is 1. The highest BCUT2D eigenvalue weighted by atomic mass is 32.2. The lowest BCUT2D eigenvalue weighted by Crippen LogP contribution is -2.35. The van der Waals surface area contributed by atoms with Crippen LogP contribution in [0.1, 0.15) is 26.3 Å². The molecular weight excluding hydrogens is 267 g/mol. The Hall–Kier alpha value is -1.14. The van der Waals surface area contributed by atoms with Gasteiger partial charge in [-0.1, -0.05) is 20.8 Å². The number of aryl methyl sites for hydroxylation is 1. The third-order valence-corrected chi connectivity index (χ3v) is 4.43. The number of nitrogens with two attached hydrogens (primary N) is 1. The molecule has 0 aliphatic carbocycles. The largest absolute Gasteiger partial charge is 0.399 e. The molecule has 0 saturated carbocycles. The monoisotopic (exact) mass is 288 g/mol. The maximum atomic E-state index is 14.0. The maximum absolute atomic E-state index is 14.0. The molecule has 19 heavy (non-hydrogen) atoms. The first-order chi connectivity index (χ1) is 8.45. The van der Waals surface area contributed by atoms with Crippen LogP contribution in [-0.4, -0.2) is 26.3 Å². The fourth-order valence-electron chi connectivity index (χ4n) is 1.87. The van der Waals surface area contributed by atoms with Crippen molar-refractivity contribution in [1.82, 2.24) is 4.31 Å². The molecule has 0 heterocycles. The van der Waals surface area contributed by atoms with Crippen molar-refractivity contribution in [2.75, 3.05) is 19.3 Å². The summed E-state index contributed by atoms with van der Waals surface area (Å²) in [4.78, 5) is -0.364. The van der Waals surface area contributed by atoms with Crippen LogP contribution in [0.5, 0.6) is 0 Å². The molecule has 108 valence electrons. The van der Waals surface area contributed by atoms with Gasteiger partial charge in [0, 0.05) is 19.3 Å². The normalized spacial score (nSPS) is 13.0. The van der Waals surface area contributed by atoms with Gasteiger partial charge in [0.1, 0.15) is 10.7 Å². The quantitative estimate of drug-likeness (QED) is 0.869. The third kappa shape index (κ3) is 3.67. The minimum atomic E-state index is -3.87. The Kier molecular flexibility index (Phi) is 4.27. The SMILES string of the molecule is Cc1cc(N)cc(S(=O)(=O)N(C)CC(C)(C)C)c1F. The first-order valence-corrected chi connectivity index (χ1v) is 7.41. The molecule has 0 saturated heterocycles. The van der Waals surface area contributed by atoms with Crippen molar-refractivity contribution in [3.05, 3.63) is 23.5 Å². The first kappa shape index (κ1) is 15.9. The fourth-order valence-corrected chi connectivity index (χ4v) is 3.44. The summed E-state index contributed by atoms with van der Waals surface area (Å²) in [6.45, 7) is 7.54. The van der Waals surface area contributed by atoms with Gasteiger partial charge in [0.15, 0.2) is 0 Å². The lowest BCUT2D eigenvalue weighted by atomic mass is 9.97. The lowest BCUT2D eigenvalue weighted by molar-refractivity contribution is 0.310. The summed E-state index contributed by atoms with van der Waals surface area (Å²) >= 11 is 0. The van der Waals surface area contributed by atoms with Crippen LogP contribution < -0.4 is 5.73 Å². The molecule has 1 aromatic carbocycles. The van der Waals surface area contributed by atoms with E-state index < -0.39 is 15.8 Å². The first-order valence-electron chi connectivity index (χ1n) is 5.97. The average molecular weight is 288 g/mol. The van der Waals surface area contributed by atoms with E-state index >= 15 is 0 Å². The second kappa shape index (κ2) is 5.09. The highest BCUT2D eigenvalue weighted by Gasteiger charge is 2.28. The van der Waals surface area contributed by atoms with Crippen LogP contribution >= 0.6 is 0 Å². The summed E-state index contributed by atoms with van der Waals surface area (Å²) in [5, 5.41) is 0. The number of rotatable bonds is 3. The molecule has 0 aliphatic rings. The molecule has 6 heteroatoms. The Labute approximate surface area is 114 Å². The minimum Gasteiger partial charge on any atom is -0.399 e. The summed E-state index contributed by atoms with van der Waals surface area (Å²) in [5.74, 6) is -0.741. The van der Waals surface area contributed by atoms with Crippen LogP contribution in [0.3, 0.4) is 0 Å². The Balaban J connectivity index is 3.28. The van der Waals surface area contributed by atoms with Gasteiger partial charge in [0.25, 0.3) is 0 Å². The van der Waals surface area contributed by atoms with Gasteiger partial charge >= 0.3 is 0 Å². The predicted molar refractivity (Wildman–Crippen MR) is 74.8 cm³/mol. The summed E-state index contributed by atoms with van der Waals surface area (Å²) in [6, 6.07) is 2.58. The van der Waals surface area contributed by atoms with E-state index in [0.29, 0.717) is 6.54 Å². The molecule has 0 spiro atoms. The van der Waals surface area contributed by atoms with E-state index in [1.165, 1.54) is 20.0 Å². The Bertz CT molecular complexity index is 577. The van der Waals surface area contributed by atoms with Crippen molar-refractivity contribution in [3.63, 3.8) is 0 Å². The highest BCUT2D eigenvalue weighted by Crippen LogP contribution is 2.26. The number of halogens is 1. The number of nitrogen functional groups attached to an aromatic ring is 1. The van der Waals surface area contributed by atoms with Crippen LogP contribution in [0.25, 0.3) is 0 Å². The second-order valence-electron chi connectivity index (χ2n) is 5.97. The summed E-state index contributed by atoms with van der Waals surface area (Å²) in [5.41, 5.74) is 5.85. The van der Waals surface area contributed by atoms with Gasteiger partial charge < -0.3 is 5.73 Å². The van der Waals surface area contributed by atoms with Crippen LogP contribution in [0.2, 0.25) is 0 Å². The standard InChI is InChI=1S/C13H21FN2O2S/c1-9-6-10(15)7-11(12(9)14)19(17,18)16(5)8-13(2,3)4/h6-7H,8,15H2,1-5H3. The van der Waals surface area contributed by atoms with Crippen molar-refractivity contribution in [2.45, 2.75) is 32.6 Å². The summed E-state index contributed by atoms with van der Waals surface area (Å²) in [7, 11) is -2.43. The van der Waals surface area contributed by atoms with E-state index in [9.17, 15) is 12.8 Å². The number of benzene rings is 1. The Morgan fingerprint density at radius 2 is 1.84 bits per heavy atom. The van der Waals surface area contributed by atoms with Crippen molar-refractivity contribution in [3.8, 4) is 0 Å². The summed E-state index contributed by atoms with van der Waals surface area (Å²) < 4.78 is 39.9. The zero-order valence-corrected chi connectivity index (χ0v) is 12.8. The molecule has 2 N–H and O–H groups in total. The zero-order chi connectivity index (χ0) is 15.0. The Morgan fingerprint density at radius 1 is 1.32 bits per heavy atom. The molecule has 0 atom stereocenters. The number of hydrogen-bond donors (Lipinski definition) is 1. The van der Waals surface area contributed by atoms with Gasteiger partial charge in [-0.2, -0.15) is 0 Å². The van der Waals surface area contributed by atoms with Gasteiger partial charge in [-0.3, -0.25) is 0 Å². The molecule has 4 nitrogen and oxygen atoms in total. The van der Waals surface area contributed by atoms with Crippen molar-refractivity contribution in [1.29, 1.82) is 0 Å². The molecule has 0 aliphatic heterocycles. The second-order valence-corrected chi connectivity index (χ2v) is 7.98. The highest BCUT2D eigenvalue weighted by molar-refractivity contribution is 7.89. The smallest absolute Gasteiger partial charge is 0.245 e. The molecule has 0 amide bonds. The maximum Gasteiger partial charge on any atom is 0.245 e. The topological polar surface area (TPSA) is 63.4 Å². The lowest BCUT2D eigenvalue weighted by Gasteiger charge is -2.26. The van der Waals surface area contributed by atoms with Crippen LogP contribution in [0.15, 0.2) is 17.0 Å². The average Bonchev–Trinajstić information content (AvgIpc) is 2.20. The van der Waals surface area contributed by atoms with E-state index in [1.807, 2.05) is 20.8 Å². The molecule has 1 rings (SSSR count). The van der Waals surface area contributed by atoms with Crippen LogP contribution in [-0.2, 0) is 10.0 Å². The number of hydrogen-bond acceptors (Lipinski definition) is 3. The Morgan fingerprint density at radius 3 is 2.32 bits per heavy atom. The molecule has 0 aromatic heterocycles. The number of sulfonamides is 1. The zero-order valence-electron chi connectivity index (χ0n) is 12.0. The molecule has 0 unspecified atom stereocenters. The molecular formula is C13H21FN2O2S. The van der Waals surface area contributed by atoms with Crippen LogP contribution in [0.4, 0.5) is 10.1 Å². The van der Waals surface area contributed by atoms with Gasteiger partial charge in [0.2, 0.25) is 10.0 Å². The third-order valence-electron chi connectivity index (χ3n) is 2.63. The van der Waals surface area contributed by atoms with Gasteiger partial charge in [0.05, 0.1) is 0 Å². The molecule has 0 fully saturated rings. The van der Waals surface area contributed by atoms with Crippen molar-refractivity contribution in [2.24, 2.45) is 5.41 Å². The van der Waals surface area contributed by atoms with Gasteiger partial charge in [-0.05, 0) is 30.0 Å². The molecule has 0 bridgehead atoms. The molecule has 1 aromatic rings. The van der Waals surface area contributed by atoms with E-state index in [1.54, 1.807) is 0 Å². The van der Waals surface area contributed by atoms with E-state index in [4.69, 9.17) is 5.73 Å².